The van der Waals surface area contributed by atoms with E-state index in [1.54, 1.807) is 17.8 Å². The van der Waals surface area contributed by atoms with Crippen molar-refractivity contribution in [1.29, 1.82) is 0 Å². The van der Waals surface area contributed by atoms with Gasteiger partial charge < -0.3 is 9.30 Å². The molecule has 0 spiro atoms. The van der Waals surface area contributed by atoms with Crippen LogP contribution in [0.15, 0.2) is 53.4 Å². The van der Waals surface area contributed by atoms with Gasteiger partial charge in [0.25, 0.3) is 0 Å². The number of hydrogen-bond donors (Lipinski definition) is 0. The molecule has 28 heavy (non-hydrogen) atoms. The second-order valence-corrected chi connectivity index (χ2v) is 8.05. The number of fused-ring (bicyclic) bond motifs is 3. The smallest absolute Gasteiger partial charge is 0.331 e. The number of carbonyl (C=O) groups excluding carboxylic acids is 1. The van der Waals surface area contributed by atoms with Crippen LogP contribution < -0.4 is 0 Å². The number of halogens is 1. The summed E-state index contributed by atoms with van der Waals surface area (Å²) in [6.45, 7) is 3.15. The average molecular weight is 412 g/mol. The predicted octanol–water partition coefficient (Wildman–Crippen LogP) is 6.42. The van der Waals surface area contributed by atoms with Gasteiger partial charge in [-0.3, -0.25) is 0 Å². The van der Waals surface area contributed by atoms with Crippen LogP contribution in [0.4, 0.5) is 0 Å². The zero-order chi connectivity index (χ0) is 19.7. The van der Waals surface area contributed by atoms with Crippen LogP contribution >= 0.6 is 23.4 Å². The number of benzene rings is 2. The van der Waals surface area contributed by atoms with Crippen LogP contribution in [-0.4, -0.2) is 23.4 Å². The van der Waals surface area contributed by atoms with Gasteiger partial charge in [0.05, 0.1) is 17.8 Å². The molecule has 1 aliphatic heterocycles. The maximum Gasteiger partial charge on any atom is 0.331 e. The molecule has 0 amide bonds. The zero-order valence-electron chi connectivity index (χ0n) is 16.0. The molecule has 1 aromatic heterocycles. The summed E-state index contributed by atoms with van der Waals surface area (Å²) < 4.78 is 7.55. The van der Waals surface area contributed by atoms with Crippen LogP contribution in [0.5, 0.6) is 0 Å². The lowest BCUT2D eigenvalue weighted by molar-refractivity contribution is -0.137. The number of esters is 1. The molecule has 0 atom stereocenters. The number of ether oxygens (including phenoxy) is 1. The third-order valence-electron chi connectivity index (χ3n) is 5.12. The van der Waals surface area contributed by atoms with E-state index >= 15 is 0 Å². The molecule has 3 nitrogen and oxygen atoms in total. The standard InChI is InChI=1S/C23H22ClNO2S/c1-3-27-20(26)14-16-6-5-13-25-18-7-4-8-19(28-2)22(18)21(23(16)25)15-9-11-17(24)12-10-15/h4,7-12,14H,3,5-6,13H2,1-2H3/b16-14+. The first kappa shape index (κ1) is 19.2. The van der Waals surface area contributed by atoms with Crippen molar-refractivity contribution in [3.8, 4) is 11.1 Å². The van der Waals surface area contributed by atoms with Gasteiger partial charge in [-0.05, 0) is 61.4 Å². The van der Waals surface area contributed by atoms with E-state index in [2.05, 4.69) is 41.2 Å². The van der Waals surface area contributed by atoms with Crippen LogP contribution in [0.1, 0.15) is 25.5 Å². The molecular formula is C23H22ClNO2S. The molecule has 0 fully saturated rings. The van der Waals surface area contributed by atoms with E-state index in [0.717, 1.165) is 36.2 Å². The molecule has 0 N–H and O–H groups in total. The van der Waals surface area contributed by atoms with Crippen molar-refractivity contribution < 1.29 is 9.53 Å². The summed E-state index contributed by atoms with van der Waals surface area (Å²) in [5, 5.41) is 1.96. The van der Waals surface area contributed by atoms with Gasteiger partial charge >= 0.3 is 5.97 Å². The third-order valence-corrected chi connectivity index (χ3v) is 6.15. The molecule has 1 aliphatic rings. The van der Waals surface area contributed by atoms with Gasteiger partial charge in [0, 0.05) is 33.5 Å². The summed E-state index contributed by atoms with van der Waals surface area (Å²) in [6.07, 6.45) is 5.65. The minimum atomic E-state index is -0.275. The van der Waals surface area contributed by atoms with Gasteiger partial charge in [0.1, 0.15) is 0 Å². The van der Waals surface area contributed by atoms with Crippen LogP contribution in [0.3, 0.4) is 0 Å². The Morgan fingerprint density at radius 3 is 2.75 bits per heavy atom. The molecule has 2 aromatic carbocycles. The number of nitrogens with zero attached hydrogens (tertiary/aromatic N) is 1. The fraction of sp³-hybridized carbons (Fsp3) is 0.261. The summed E-state index contributed by atoms with van der Waals surface area (Å²) in [6, 6.07) is 14.4. The first-order valence-corrected chi connectivity index (χ1v) is 11.1. The van der Waals surface area contributed by atoms with Gasteiger partial charge in [-0.25, -0.2) is 4.79 Å². The van der Waals surface area contributed by atoms with E-state index in [9.17, 15) is 4.79 Å². The second kappa shape index (κ2) is 8.06. The molecule has 144 valence electrons. The monoisotopic (exact) mass is 411 g/mol. The Balaban J connectivity index is 2.05. The van der Waals surface area contributed by atoms with Crippen molar-refractivity contribution in [2.45, 2.75) is 31.2 Å². The van der Waals surface area contributed by atoms with Crippen LogP contribution in [0.25, 0.3) is 27.6 Å². The molecular weight excluding hydrogens is 390 g/mol. The number of hydrogen-bond acceptors (Lipinski definition) is 3. The van der Waals surface area contributed by atoms with Gasteiger partial charge in [0.2, 0.25) is 0 Å². The summed E-state index contributed by atoms with van der Waals surface area (Å²) in [4.78, 5) is 13.5. The number of allylic oxidation sites excluding steroid dienone is 1. The minimum absolute atomic E-state index is 0.275. The minimum Gasteiger partial charge on any atom is -0.463 e. The van der Waals surface area contributed by atoms with Crippen molar-refractivity contribution in [2.24, 2.45) is 0 Å². The number of thioether (sulfide) groups is 1. The largest absolute Gasteiger partial charge is 0.463 e. The number of aryl methyl sites for hydroxylation is 1. The quantitative estimate of drug-likeness (QED) is 0.282. The van der Waals surface area contributed by atoms with Crippen molar-refractivity contribution in [1.82, 2.24) is 4.57 Å². The fourth-order valence-corrected chi connectivity index (χ4v) is 4.77. The normalized spacial score (nSPS) is 15.0. The van der Waals surface area contributed by atoms with E-state index in [0.29, 0.717) is 11.6 Å². The highest BCUT2D eigenvalue weighted by molar-refractivity contribution is 7.98. The molecule has 0 radical (unpaired) electrons. The first-order chi connectivity index (χ1) is 13.6. The van der Waals surface area contributed by atoms with E-state index in [1.165, 1.54) is 21.4 Å². The lowest BCUT2D eigenvalue weighted by Gasteiger charge is -2.21. The van der Waals surface area contributed by atoms with Gasteiger partial charge in [-0.1, -0.05) is 29.8 Å². The molecule has 0 saturated heterocycles. The topological polar surface area (TPSA) is 31.2 Å². The van der Waals surface area contributed by atoms with E-state index in [-0.39, 0.29) is 5.97 Å². The summed E-state index contributed by atoms with van der Waals surface area (Å²) in [5.74, 6) is -0.275. The van der Waals surface area contributed by atoms with Crippen LogP contribution in [0, 0.1) is 0 Å². The SMILES string of the molecule is CCOC(=O)/C=C1\CCCn2c1c(-c1ccc(Cl)cc1)c1c(SC)cccc12. The number of carbonyl (C=O) groups is 1. The van der Waals surface area contributed by atoms with Crippen LogP contribution in [-0.2, 0) is 16.1 Å². The molecule has 0 bridgehead atoms. The second-order valence-electron chi connectivity index (χ2n) is 6.76. The zero-order valence-corrected chi connectivity index (χ0v) is 17.6. The van der Waals surface area contributed by atoms with Crippen LogP contribution in [0.2, 0.25) is 5.02 Å². The lowest BCUT2D eigenvalue weighted by Crippen LogP contribution is -2.11. The molecule has 0 aliphatic carbocycles. The van der Waals surface area contributed by atoms with Gasteiger partial charge in [-0.15, -0.1) is 11.8 Å². The molecule has 2 heterocycles. The number of rotatable bonds is 4. The van der Waals surface area contributed by atoms with Crippen molar-refractivity contribution >= 4 is 45.8 Å². The fourth-order valence-electron chi connectivity index (χ4n) is 4.02. The molecule has 0 unspecified atom stereocenters. The van der Waals surface area contributed by atoms with Crippen molar-refractivity contribution in [2.75, 3.05) is 12.9 Å². The van der Waals surface area contributed by atoms with Crippen molar-refractivity contribution in [3.05, 3.63) is 59.3 Å². The Bertz CT molecular complexity index is 1070. The highest BCUT2D eigenvalue weighted by atomic mass is 35.5. The molecule has 3 aromatic rings. The van der Waals surface area contributed by atoms with Crippen molar-refractivity contribution in [3.63, 3.8) is 0 Å². The Morgan fingerprint density at radius 1 is 1.25 bits per heavy atom. The Hall–Kier alpha value is -2.17. The maximum absolute atomic E-state index is 12.2. The Labute approximate surface area is 174 Å². The Morgan fingerprint density at radius 2 is 2.04 bits per heavy atom. The average Bonchev–Trinajstić information content (AvgIpc) is 3.04. The summed E-state index contributed by atoms with van der Waals surface area (Å²) in [5.41, 5.74) is 5.66. The highest BCUT2D eigenvalue weighted by Gasteiger charge is 2.26. The third kappa shape index (κ3) is 3.36. The number of aromatic nitrogens is 1. The molecule has 0 saturated carbocycles. The first-order valence-electron chi connectivity index (χ1n) is 9.47. The summed E-state index contributed by atoms with van der Waals surface area (Å²) >= 11 is 7.89. The van der Waals surface area contributed by atoms with E-state index in [1.807, 2.05) is 19.1 Å². The van der Waals surface area contributed by atoms with E-state index in [4.69, 9.17) is 16.3 Å². The summed E-state index contributed by atoms with van der Waals surface area (Å²) in [7, 11) is 0. The van der Waals surface area contributed by atoms with Gasteiger partial charge in [-0.2, -0.15) is 0 Å². The van der Waals surface area contributed by atoms with Gasteiger partial charge in [0.15, 0.2) is 0 Å². The molecule has 4 rings (SSSR count). The maximum atomic E-state index is 12.2. The lowest BCUT2D eigenvalue weighted by atomic mass is 9.94. The highest BCUT2D eigenvalue weighted by Crippen LogP contribution is 2.45. The predicted molar refractivity (Wildman–Crippen MR) is 118 cm³/mol. The molecule has 5 heteroatoms. The Kier molecular flexibility index (Phi) is 5.51. The van der Waals surface area contributed by atoms with E-state index < -0.39 is 0 Å².